The number of carbonyl (C=O) groups excluding carboxylic acids is 2. The molecule has 0 bridgehead atoms. The van der Waals surface area contributed by atoms with Gasteiger partial charge >= 0.3 is 0 Å². The Morgan fingerprint density at radius 1 is 1.19 bits per heavy atom. The number of carbonyl (C=O) groups is 2. The molecule has 0 radical (unpaired) electrons. The average molecular weight is 605 g/mol. The molecule has 1 aliphatic rings. The van der Waals surface area contributed by atoms with Gasteiger partial charge in [0.25, 0.3) is 0 Å². The number of methoxy groups -OCH3 is 1. The predicted octanol–water partition coefficient (Wildman–Crippen LogP) is 2.45. The van der Waals surface area contributed by atoms with Gasteiger partial charge in [0.05, 0.1) is 37.6 Å². The van der Waals surface area contributed by atoms with E-state index in [0.29, 0.717) is 35.6 Å². The lowest BCUT2D eigenvalue weighted by Crippen LogP contribution is -2.48. The van der Waals surface area contributed by atoms with Gasteiger partial charge in [-0.05, 0) is 76.4 Å². The van der Waals surface area contributed by atoms with Crippen molar-refractivity contribution in [3.8, 4) is 11.5 Å². The van der Waals surface area contributed by atoms with Crippen molar-refractivity contribution < 1.29 is 32.6 Å². The summed E-state index contributed by atoms with van der Waals surface area (Å²) in [5.74, 6) is 0.397. The highest BCUT2D eigenvalue weighted by Crippen LogP contribution is 2.30. The number of rotatable bonds is 12. The molecule has 0 aromatic heterocycles. The molecular weight excluding hydrogens is 560 g/mol. The summed E-state index contributed by atoms with van der Waals surface area (Å²) in [6, 6.07) is 10.9. The number of hydrogen-bond donors (Lipinski definition) is 2. The van der Waals surface area contributed by atoms with Gasteiger partial charge in [-0.15, -0.1) is 0 Å². The van der Waals surface area contributed by atoms with E-state index in [1.807, 2.05) is 25.9 Å². The van der Waals surface area contributed by atoms with Crippen molar-refractivity contribution in [1.29, 1.82) is 0 Å². The number of hydrogen-bond acceptors (Lipinski definition) is 8. The number of aliphatic hydroxyl groups excluding tert-OH is 1. The van der Waals surface area contributed by atoms with Crippen LogP contribution in [0.4, 0.5) is 5.69 Å². The molecule has 2 N–H and O–H groups in total. The Morgan fingerprint density at radius 2 is 1.88 bits per heavy atom. The first kappa shape index (κ1) is 33.3. The van der Waals surface area contributed by atoms with E-state index >= 15 is 0 Å². The Balaban J connectivity index is 1.89. The standard InChI is InChI=1S/C30H44N4O7S/c1-21-18-34(22(2)20-35)30(37)17-23-16-24(31-29(36)8-7-15-32(3)4)9-14-27(23)41-28(21)19-33(5)42(38,39)26-12-10-25(40-6)11-13-26/h9-14,16,21-22,28,35H,7-8,15,17-20H2,1-6H3,(H,31,36)/t21-,22+,28-/m1/s1. The van der Waals surface area contributed by atoms with Crippen LogP contribution < -0.4 is 14.8 Å². The fourth-order valence-electron chi connectivity index (χ4n) is 4.78. The van der Waals surface area contributed by atoms with Gasteiger partial charge in [0.1, 0.15) is 17.6 Å². The highest BCUT2D eigenvalue weighted by atomic mass is 32.2. The molecule has 0 unspecified atom stereocenters. The minimum Gasteiger partial charge on any atom is -0.497 e. The Hall–Kier alpha value is -3.19. The zero-order valence-electron chi connectivity index (χ0n) is 25.4. The second-order valence-electron chi connectivity index (χ2n) is 11.1. The van der Waals surface area contributed by atoms with Crippen LogP contribution >= 0.6 is 0 Å². The molecule has 0 fully saturated rings. The van der Waals surface area contributed by atoms with E-state index in [1.54, 1.807) is 42.2 Å². The van der Waals surface area contributed by atoms with Gasteiger partial charge in [-0.2, -0.15) is 4.31 Å². The number of likely N-dealkylation sites (N-methyl/N-ethyl adjacent to an activating group) is 1. The van der Waals surface area contributed by atoms with Crippen LogP contribution in [-0.4, -0.2) is 106 Å². The third kappa shape index (κ3) is 8.66. The maximum atomic E-state index is 13.4. The summed E-state index contributed by atoms with van der Waals surface area (Å²) >= 11 is 0. The fourth-order valence-corrected chi connectivity index (χ4v) is 5.97. The van der Waals surface area contributed by atoms with Gasteiger partial charge in [0.15, 0.2) is 0 Å². The lowest BCUT2D eigenvalue weighted by molar-refractivity contribution is -0.134. The Morgan fingerprint density at radius 3 is 2.50 bits per heavy atom. The van der Waals surface area contributed by atoms with E-state index in [2.05, 4.69) is 5.32 Å². The summed E-state index contributed by atoms with van der Waals surface area (Å²) in [6.45, 7) is 4.53. The first-order valence-corrected chi connectivity index (χ1v) is 15.5. The maximum Gasteiger partial charge on any atom is 0.242 e. The number of sulfonamides is 1. The number of amides is 2. The van der Waals surface area contributed by atoms with Crippen molar-refractivity contribution in [2.24, 2.45) is 5.92 Å². The normalized spacial score (nSPS) is 18.5. The van der Waals surface area contributed by atoms with Crippen LogP contribution in [0.2, 0.25) is 0 Å². The first-order valence-electron chi connectivity index (χ1n) is 14.1. The van der Waals surface area contributed by atoms with E-state index in [1.165, 1.54) is 30.6 Å². The number of anilines is 1. The topological polar surface area (TPSA) is 129 Å². The van der Waals surface area contributed by atoms with Gasteiger partial charge in [0, 0.05) is 37.2 Å². The highest BCUT2D eigenvalue weighted by molar-refractivity contribution is 7.89. The Bertz CT molecular complexity index is 1320. The molecule has 0 saturated carbocycles. The monoisotopic (exact) mass is 604 g/mol. The van der Waals surface area contributed by atoms with Crippen molar-refractivity contribution in [2.75, 3.05) is 59.8 Å². The molecule has 12 heteroatoms. The van der Waals surface area contributed by atoms with Gasteiger partial charge in [-0.1, -0.05) is 6.92 Å². The molecule has 2 aromatic carbocycles. The lowest BCUT2D eigenvalue weighted by Gasteiger charge is -2.33. The molecule has 2 aromatic rings. The Kier molecular flexibility index (Phi) is 11.7. The molecule has 3 atom stereocenters. The van der Waals surface area contributed by atoms with E-state index in [0.717, 1.165) is 6.54 Å². The van der Waals surface area contributed by atoms with Crippen molar-refractivity contribution in [3.05, 3.63) is 48.0 Å². The third-order valence-electron chi connectivity index (χ3n) is 7.41. The zero-order valence-corrected chi connectivity index (χ0v) is 26.2. The van der Waals surface area contributed by atoms with Gasteiger partial charge in [-0.3, -0.25) is 9.59 Å². The van der Waals surface area contributed by atoms with Crippen molar-refractivity contribution >= 4 is 27.5 Å². The molecule has 2 amide bonds. The second kappa shape index (κ2) is 14.8. The molecule has 3 rings (SSSR count). The van der Waals surface area contributed by atoms with Crippen LogP contribution in [0.3, 0.4) is 0 Å². The maximum absolute atomic E-state index is 13.4. The molecule has 42 heavy (non-hydrogen) atoms. The number of ether oxygens (including phenoxy) is 2. The van der Waals surface area contributed by atoms with Crippen molar-refractivity contribution in [2.45, 2.75) is 50.2 Å². The van der Waals surface area contributed by atoms with Gasteiger partial charge in [-0.25, -0.2) is 8.42 Å². The summed E-state index contributed by atoms with van der Waals surface area (Å²) in [7, 11) is 3.07. The SMILES string of the molecule is COc1ccc(S(=O)(=O)N(C)C[C@H]2Oc3ccc(NC(=O)CCCN(C)C)cc3CC(=O)N([C@@H](C)CO)C[C@H]2C)cc1. The molecule has 1 aliphatic heterocycles. The molecule has 0 aliphatic carbocycles. The average Bonchev–Trinajstić information content (AvgIpc) is 2.99. The van der Waals surface area contributed by atoms with Crippen LogP contribution in [0.5, 0.6) is 11.5 Å². The number of nitrogens with one attached hydrogen (secondary N) is 1. The Labute approximate surface area is 249 Å². The van der Waals surface area contributed by atoms with E-state index in [4.69, 9.17) is 9.47 Å². The van der Waals surface area contributed by atoms with Crippen LogP contribution in [0.15, 0.2) is 47.4 Å². The summed E-state index contributed by atoms with van der Waals surface area (Å²) in [6.07, 6.45) is 0.462. The molecule has 0 spiro atoms. The van der Waals surface area contributed by atoms with Crippen LogP contribution in [0.25, 0.3) is 0 Å². The lowest BCUT2D eigenvalue weighted by atomic mass is 10.0. The minimum atomic E-state index is -3.85. The molecule has 11 nitrogen and oxygen atoms in total. The summed E-state index contributed by atoms with van der Waals surface area (Å²) < 4.78 is 39.6. The van der Waals surface area contributed by atoms with E-state index in [-0.39, 0.29) is 48.7 Å². The van der Waals surface area contributed by atoms with Crippen molar-refractivity contribution in [1.82, 2.24) is 14.1 Å². The van der Waals surface area contributed by atoms with Crippen LogP contribution in [-0.2, 0) is 26.0 Å². The number of benzene rings is 2. The van der Waals surface area contributed by atoms with Gasteiger partial charge in [0.2, 0.25) is 21.8 Å². The minimum absolute atomic E-state index is 0.00341. The van der Waals surface area contributed by atoms with Crippen LogP contribution in [0, 0.1) is 5.92 Å². The number of fused-ring (bicyclic) bond motifs is 1. The zero-order chi connectivity index (χ0) is 31.0. The van der Waals surface area contributed by atoms with Gasteiger partial charge < -0.3 is 29.7 Å². The quantitative estimate of drug-likeness (QED) is 0.378. The predicted molar refractivity (Wildman–Crippen MR) is 161 cm³/mol. The number of aliphatic hydroxyl groups is 1. The number of nitrogens with zero attached hydrogens (tertiary/aromatic N) is 3. The highest BCUT2D eigenvalue weighted by Gasteiger charge is 2.33. The smallest absolute Gasteiger partial charge is 0.242 e. The molecule has 0 saturated heterocycles. The summed E-state index contributed by atoms with van der Waals surface area (Å²) in [4.78, 5) is 29.7. The molecule has 1 heterocycles. The van der Waals surface area contributed by atoms with E-state index < -0.39 is 22.2 Å². The first-order chi connectivity index (χ1) is 19.8. The van der Waals surface area contributed by atoms with Crippen LogP contribution in [0.1, 0.15) is 32.3 Å². The van der Waals surface area contributed by atoms with E-state index in [9.17, 15) is 23.1 Å². The molecular formula is C30H44N4O7S. The van der Waals surface area contributed by atoms with Crippen molar-refractivity contribution in [3.63, 3.8) is 0 Å². The molecule has 232 valence electrons. The largest absolute Gasteiger partial charge is 0.497 e. The third-order valence-corrected chi connectivity index (χ3v) is 9.25. The summed E-state index contributed by atoms with van der Waals surface area (Å²) in [5.41, 5.74) is 1.12. The second-order valence-corrected chi connectivity index (χ2v) is 13.2. The fraction of sp³-hybridized carbons (Fsp3) is 0.533. The summed E-state index contributed by atoms with van der Waals surface area (Å²) in [5, 5.41) is 12.8.